The predicted octanol–water partition coefficient (Wildman–Crippen LogP) is 6.33. The minimum Gasteiger partial charge on any atom is -0.497 e. The Hall–Kier alpha value is -1.67. The highest BCUT2D eigenvalue weighted by Crippen LogP contribution is 2.22. The number of ether oxygens (including phenoxy) is 1. The molecule has 2 nitrogen and oxygen atoms in total. The smallest absolute Gasteiger partial charge is 0.119 e. The largest absolute Gasteiger partial charge is 0.497 e. The average molecular weight is 346 g/mol. The molecule has 0 aliphatic rings. The van der Waals surface area contributed by atoms with Gasteiger partial charge in [0.25, 0.3) is 0 Å². The van der Waals surface area contributed by atoms with E-state index in [1.807, 2.05) is 24.3 Å². The molecule has 2 aromatic carbocycles. The van der Waals surface area contributed by atoms with Gasteiger partial charge in [-0.1, -0.05) is 56.3 Å². The summed E-state index contributed by atoms with van der Waals surface area (Å²) in [6.07, 6.45) is 6.46. The van der Waals surface area contributed by atoms with Gasteiger partial charge >= 0.3 is 0 Å². The van der Waals surface area contributed by atoms with Crippen molar-refractivity contribution in [3.8, 4) is 5.75 Å². The Balaban J connectivity index is 2.03. The van der Waals surface area contributed by atoms with Crippen LogP contribution in [0.2, 0.25) is 5.02 Å². The SMILES string of the molecule is CCCCCCCN(Cc1ccc(Cl)cc1)c1ccc(OC)cc1. The number of hydrogen-bond acceptors (Lipinski definition) is 2. The lowest BCUT2D eigenvalue weighted by molar-refractivity contribution is 0.415. The number of nitrogens with zero attached hydrogens (tertiary/aromatic N) is 1. The molecule has 0 spiro atoms. The maximum atomic E-state index is 6.00. The van der Waals surface area contributed by atoms with E-state index >= 15 is 0 Å². The van der Waals surface area contributed by atoms with Crippen LogP contribution in [0.4, 0.5) is 5.69 Å². The average Bonchev–Trinajstić information content (AvgIpc) is 2.62. The molecule has 0 bridgehead atoms. The van der Waals surface area contributed by atoms with Crippen LogP contribution >= 0.6 is 11.6 Å². The fraction of sp³-hybridized carbons (Fsp3) is 0.429. The monoisotopic (exact) mass is 345 g/mol. The van der Waals surface area contributed by atoms with Gasteiger partial charge in [-0.25, -0.2) is 0 Å². The van der Waals surface area contributed by atoms with Crippen molar-refractivity contribution in [1.29, 1.82) is 0 Å². The van der Waals surface area contributed by atoms with E-state index < -0.39 is 0 Å². The van der Waals surface area contributed by atoms with E-state index in [1.54, 1.807) is 7.11 Å². The lowest BCUT2D eigenvalue weighted by Gasteiger charge is -2.25. The third-order valence-corrected chi connectivity index (χ3v) is 4.51. The zero-order chi connectivity index (χ0) is 17.2. The van der Waals surface area contributed by atoms with Crippen LogP contribution < -0.4 is 9.64 Å². The molecule has 2 aromatic rings. The molecular weight excluding hydrogens is 318 g/mol. The van der Waals surface area contributed by atoms with Gasteiger partial charge in [0.15, 0.2) is 0 Å². The number of halogens is 1. The summed E-state index contributed by atoms with van der Waals surface area (Å²) in [7, 11) is 1.70. The van der Waals surface area contributed by atoms with Crippen LogP contribution in [0.5, 0.6) is 5.75 Å². The Bertz CT molecular complexity index is 580. The van der Waals surface area contributed by atoms with Gasteiger partial charge in [0.05, 0.1) is 7.11 Å². The molecule has 2 rings (SSSR count). The molecule has 0 atom stereocenters. The first kappa shape index (κ1) is 18.7. The lowest BCUT2D eigenvalue weighted by atomic mass is 10.1. The first-order valence-electron chi connectivity index (χ1n) is 8.86. The van der Waals surface area contributed by atoms with Crippen LogP contribution in [0.25, 0.3) is 0 Å². The number of anilines is 1. The minimum atomic E-state index is 0.786. The zero-order valence-corrected chi connectivity index (χ0v) is 15.6. The maximum absolute atomic E-state index is 6.00. The van der Waals surface area contributed by atoms with E-state index in [9.17, 15) is 0 Å². The van der Waals surface area contributed by atoms with Crippen LogP contribution in [0, 0.1) is 0 Å². The van der Waals surface area contributed by atoms with Gasteiger partial charge < -0.3 is 9.64 Å². The van der Waals surface area contributed by atoms with Crippen LogP contribution in [0.3, 0.4) is 0 Å². The van der Waals surface area contributed by atoms with Crippen LogP contribution in [0.15, 0.2) is 48.5 Å². The second-order valence-electron chi connectivity index (χ2n) is 6.16. The number of benzene rings is 2. The molecule has 0 aliphatic carbocycles. The van der Waals surface area contributed by atoms with Gasteiger partial charge in [-0.05, 0) is 48.4 Å². The summed E-state index contributed by atoms with van der Waals surface area (Å²) >= 11 is 6.00. The molecule has 0 radical (unpaired) electrons. The fourth-order valence-corrected chi connectivity index (χ4v) is 2.93. The van der Waals surface area contributed by atoms with Crippen molar-refractivity contribution in [1.82, 2.24) is 0 Å². The number of rotatable bonds is 10. The summed E-state index contributed by atoms with van der Waals surface area (Å²) in [4.78, 5) is 2.44. The van der Waals surface area contributed by atoms with E-state index in [-0.39, 0.29) is 0 Å². The second-order valence-corrected chi connectivity index (χ2v) is 6.60. The topological polar surface area (TPSA) is 12.5 Å². The Morgan fingerprint density at radius 1 is 0.875 bits per heavy atom. The lowest BCUT2D eigenvalue weighted by Crippen LogP contribution is -2.23. The fourth-order valence-electron chi connectivity index (χ4n) is 2.81. The summed E-state index contributed by atoms with van der Waals surface area (Å²) in [5.41, 5.74) is 2.52. The van der Waals surface area contributed by atoms with Crippen molar-refractivity contribution < 1.29 is 4.74 Å². The van der Waals surface area contributed by atoms with Gasteiger partial charge in [0, 0.05) is 23.8 Å². The molecule has 0 saturated heterocycles. The number of methoxy groups -OCH3 is 1. The standard InChI is InChI=1S/C21H28ClNO/c1-3-4-5-6-7-16-23(17-18-8-10-19(22)11-9-18)20-12-14-21(24-2)15-13-20/h8-15H,3-7,16-17H2,1-2H3. The number of hydrogen-bond donors (Lipinski definition) is 0. The molecule has 0 aromatic heterocycles. The van der Waals surface area contributed by atoms with Crippen molar-refractivity contribution in [2.75, 3.05) is 18.6 Å². The second kappa shape index (κ2) is 10.2. The molecule has 0 saturated carbocycles. The van der Waals surface area contributed by atoms with E-state index in [1.165, 1.54) is 43.4 Å². The molecule has 0 unspecified atom stereocenters. The summed E-state index contributed by atoms with van der Waals surface area (Å²) in [6.45, 7) is 4.22. The van der Waals surface area contributed by atoms with Crippen LogP contribution in [-0.2, 0) is 6.54 Å². The van der Waals surface area contributed by atoms with E-state index in [0.29, 0.717) is 0 Å². The molecule has 0 aliphatic heterocycles. The molecule has 0 heterocycles. The molecule has 0 amide bonds. The highest BCUT2D eigenvalue weighted by atomic mass is 35.5. The highest BCUT2D eigenvalue weighted by molar-refractivity contribution is 6.30. The normalized spacial score (nSPS) is 10.6. The van der Waals surface area contributed by atoms with E-state index in [4.69, 9.17) is 16.3 Å². The molecule has 24 heavy (non-hydrogen) atoms. The van der Waals surface area contributed by atoms with Crippen molar-refractivity contribution in [2.45, 2.75) is 45.6 Å². The van der Waals surface area contributed by atoms with Crippen LogP contribution in [-0.4, -0.2) is 13.7 Å². The van der Waals surface area contributed by atoms with Crippen molar-refractivity contribution >= 4 is 17.3 Å². The molecule has 0 fully saturated rings. The third kappa shape index (κ3) is 6.09. The van der Waals surface area contributed by atoms with Gasteiger partial charge in [-0.15, -0.1) is 0 Å². The Morgan fingerprint density at radius 2 is 1.54 bits per heavy atom. The van der Waals surface area contributed by atoms with Crippen molar-refractivity contribution in [3.63, 3.8) is 0 Å². The highest BCUT2D eigenvalue weighted by Gasteiger charge is 2.08. The van der Waals surface area contributed by atoms with E-state index in [2.05, 4.69) is 36.1 Å². The van der Waals surface area contributed by atoms with Gasteiger partial charge in [0.2, 0.25) is 0 Å². The Morgan fingerprint density at radius 3 is 2.17 bits per heavy atom. The number of unbranched alkanes of at least 4 members (excludes halogenated alkanes) is 4. The Kier molecular flexibility index (Phi) is 7.97. The predicted molar refractivity (Wildman–Crippen MR) is 104 cm³/mol. The van der Waals surface area contributed by atoms with Crippen molar-refractivity contribution in [3.05, 3.63) is 59.1 Å². The molecule has 130 valence electrons. The van der Waals surface area contributed by atoms with Crippen molar-refractivity contribution in [2.24, 2.45) is 0 Å². The summed E-state index contributed by atoms with van der Waals surface area (Å²) < 4.78 is 5.27. The first-order chi connectivity index (χ1) is 11.7. The van der Waals surface area contributed by atoms with E-state index in [0.717, 1.165) is 23.9 Å². The van der Waals surface area contributed by atoms with Gasteiger partial charge in [-0.3, -0.25) is 0 Å². The summed E-state index contributed by atoms with van der Waals surface area (Å²) in [5, 5.41) is 0.786. The third-order valence-electron chi connectivity index (χ3n) is 4.26. The minimum absolute atomic E-state index is 0.786. The Labute approximate surface area is 151 Å². The molecule has 0 N–H and O–H groups in total. The summed E-state index contributed by atoms with van der Waals surface area (Å²) in [6, 6.07) is 16.5. The van der Waals surface area contributed by atoms with Crippen LogP contribution in [0.1, 0.15) is 44.6 Å². The summed E-state index contributed by atoms with van der Waals surface area (Å²) in [5.74, 6) is 0.896. The molecular formula is C21H28ClNO. The zero-order valence-electron chi connectivity index (χ0n) is 14.8. The van der Waals surface area contributed by atoms with Gasteiger partial charge in [0.1, 0.15) is 5.75 Å². The first-order valence-corrected chi connectivity index (χ1v) is 9.24. The molecule has 3 heteroatoms. The van der Waals surface area contributed by atoms with Gasteiger partial charge in [-0.2, -0.15) is 0 Å². The maximum Gasteiger partial charge on any atom is 0.119 e. The quantitative estimate of drug-likeness (QED) is 0.467.